The maximum Gasteiger partial charge on any atom is 0.277 e. The van der Waals surface area contributed by atoms with E-state index in [9.17, 15) is 13.2 Å². The van der Waals surface area contributed by atoms with Crippen LogP contribution in [0.2, 0.25) is 0 Å². The molecular weight excluding hydrogens is 460 g/mol. The second-order valence-electron chi connectivity index (χ2n) is 7.66. The SMILES string of the molecule is CCN(CC)S(=O)(=O)c1cccc(-c2nnc(SCC(=O)Nc3ccc4c(c3)CCC4)o2)c1. The zero-order chi connectivity index (χ0) is 23.4. The Morgan fingerprint density at radius 2 is 1.88 bits per heavy atom. The van der Waals surface area contributed by atoms with Gasteiger partial charge in [0.25, 0.3) is 5.22 Å². The molecule has 0 atom stereocenters. The van der Waals surface area contributed by atoms with Gasteiger partial charge in [-0.25, -0.2) is 8.42 Å². The van der Waals surface area contributed by atoms with Crippen molar-refractivity contribution in [1.29, 1.82) is 0 Å². The smallest absolute Gasteiger partial charge is 0.277 e. The fraction of sp³-hybridized carbons (Fsp3) is 0.348. The van der Waals surface area contributed by atoms with Gasteiger partial charge in [0.05, 0.1) is 10.6 Å². The van der Waals surface area contributed by atoms with Crippen molar-refractivity contribution in [2.75, 3.05) is 24.2 Å². The number of carbonyl (C=O) groups is 1. The first-order valence-electron chi connectivity index (χ1n) is 10.9. The predicted molar refractivity (Wildman–Crippen MR) is 128 cm³/mol. The maximum absolute atomic E-state index is 12.8. The van der Waals surface area contributed by atoms with E-state index < -0.39 is 10.0 Å². The summed E-state index contributed by atoms with van der Waals surface area (Å²) >= 11 is 1.13. The van der Waals surface area contributed by atoms with Crippen LogP contribution < -0.4 is 5.32 Å². The van der Waals surface area contributed by atoms with Crippen LogP contribution in [0, 0.1) is 0 Å². The molecule has 0 bridgehead atoms. The van der Waals surface area contributed by atoms with E-state index in [1.165, 1.54) is 21.5 Å². The summed E-state index contributed by atoms with van der Waals surface area (Å²) in [6, 6.07) is 12.5. The summed E-state index contributed by atoms with van der Waals surface area (Å²) in [5, 5.41) is 11.1. The minimum absolute atomic E-state index is 0.120. The summed E-state index contributed by atoms with van der Waals surface area (Å²) in [7, 11) is -3.59. The standard InChI is InChI=1S/C23H26N4O4S2/c1-3-27(4-2)33(29,30)20-10-6-9-18(14-20)22-25-26-23(31-22)32-15-21(28)24-19-12-11-16-7-5-8-17(16)13-19/h6,9-14H,3-5,7-8,15H2,1-2H3,(H,24,28). The van der Waals surface area contributed by atoms with Crippen LogP contribution in [0.25, 0.3) is 11.5 Å². The fourth-order valence-electron chi connectivity index (χ4n) is 3.86. The van der Waals surface area contributed by atoms with Crippen molar-refractivity contribution in [2.45, 2.75) is 43.2 Å². The molecule has 1 amide bonds. The number of aromatic nitrogens is 2. The number of aryl methyl sites for hydroxylation is 2. The van der Waals surface area contributed by atoms with Gasteiger partial charge in [0.2, 0.25) is 21.8 Å². The normalized spacial score (nSPS) is 13.3. The number of anilines is 1. The summed E-state index contributed by atoms with van der Waals surface area (Å²) in [6.07, 6.45) is 3.31. The van der Waals surface area contributed by atoms with Gasteiger partial charge < -0.3 is 9.73 Å². The molecule has 33 heavy (non-hydrogen) atoms. The first-order chi connectivity index (χ1) is 15.9. The van der Waals surface area contributed by atoms with Gasteiger partial charge in [0.1, 0.15) is 0 Å². The maximum atomic E-state index is 12.8. The molecule has 1 aromatic heterocycles. The molecule has 1 aliphatic rings. The highest BCUT2D eigenvalue weighted by atomic mass is 32.2. The number of fused-ring (bicyclic) bond motifs is 1. The van der Waals surface area contributed by atoms with E-state index >= 15 is 0 Å². The molecule has 174 valence electrons. The Morgan fingerprint density at radius 1 is 1.09 bits per heavy atom. The molecule has 4 rings (SSSR count). The van der Waals surface area contributed by atoms with Gasteiger partial charge in [0.15, 0.2) is 0 Å². The molecular formula is C23H26N4O4S2. The minimum Gasteiger partial charge on any atom is -0.411 e. The third kappa shape index (κ3) is 5.29. The molecule has 1 N–H and O–H groups in total. The number of thioether (sulfide) groups is 1. The molecule has 8 nitrogen and oxygen atoms in total. The Balaban J connectivity index is 1.39. The van der Waals surface area contributed by atoms with E-state index in [1.54, 1.807) is 32.0 Å². The molecule has 0 saturated carbocycles. The Kier molecular flexibility index (Phi) is 7.16. The molecule has 0 fully saturated rings. The zero-order valence-corrected chi connectivity index (χ0v) is 20.2. The number of benzene rings is 2. The van der Waals surface area contributed by atoms with Crippen LogP contribution in [-0.2, 0) is 27.7 Å². The number of sulfonamides is 1. The first kappa shape index (κ1) is 23.5. The highest BCUT2D eigenvalue weighted by Gasteiger charge is 2.22. The van der Waals surface area contributed by atoms with Crippen LogP contribution >= 0.6 is 11.8 Å². The monoisotopic (exact) mass is 486 g/mol. The number of carbonyl (C=O) groups excluding carboxylic acids is 1. The second-order valence-corrected chi connectivity index (χ2v) is 10.5. The highest BCUT2D eigenvalue weighted by Crippen LogP contribution is 2.27. The molecule has 1 aliphatic carbocycles. The number of rotatable bonds is 9. The number of amides is 1. The van der Waals surface area contributed by atoms with Crippen molar-refractivity contribution in [2.24, 2.45) is 0 Å². The van der Waals surface area contributed by atoms with E-state index in [4.69, 9.17) is 4.42 Å². The lowest BCUT2D eigenvalue weighted by molar-refractivity contribution is -0.113. The number of nitrogens with zero attached hydrogens (tertiary/aromatic N) is 3. The summed E-state index contributed by atoms with van der Waals surface area (Å²) < 4.78 is 32.6. The minimum atomic E-state index is -3.59. The quantitative estimate of drug-likeness (QED) is 0.456. The van der Waals surface area contributed by atoms with Crippen molar-refractivity contribution < 1.29 is 17.6 Å². The molecule has 2 aromatic carbocycles. The van der Waals surface area contributed by atoms with Crippen LogP contribution in [0.15, 0.2) is 57.0 Å². The van der Waals surface area contributed by atoms with Gasteiger partial charge in [-0.3, -0.25) is 4.79 Å². The Bertz CT molecular complexity index is 1250. The van der Waals surface area contributed by atoms with Crippen molar-refractivity contribution in [3.63, 3.8) is 0 Å². The summed E-state index contributed by atoms with van der Waals surface area (Å²) in [6.45, 7) is 4.37. The largest absolute Gasteiger partial charge is 0.411 e. The number of hydrogen-bond acceptors (Lipinski definition) is 7. The molecule has 1 heterocycles. The molecule has 3 aromatic rings. The average molecular weight is 487 g/mol. The molecule has 0 aliphatic heterocycles. The topological polar surface area (TPSA) is 105 Å². The van der Waals surface area contributed by atoms with Crippen LogP contribution in [-0.4, -0.2) is 47.7 Å². The van der Waals surface area contributed by atoms with Crippen LogP contribution in [0.5, 0.6) is 0 Å². The molecule has 0 radical (unpaired) electrons. The van der Waals surface area contributed by atoms with Gasteiger partial charge in [-0.05, 0) is 60.7 Å². The van der Waals surface area contributed by atoms with Gasteiger partial charge in [-0.2, -0.15) is 4.31 Å². The van der Waals surface area contributed by atoms with Gasteiger partial charge >= 0.3 is 0 Å². The Morgan fingerprint density at radius 3 is 2.67 bits per heavy atom. The molecule has 0 spiro atoms. The van der Waals surface area contributed by atoms with Gasteiger partial charge in [-0.15, -0.1) is 10.2 Å². The van der Waals surface area contributed by atoms with Crippen molar-refractivity contribution >= 4 is 33.4 Å². The van der Waals surface area contributed by atoms with Gasteiger partial charge in [-0.1, -0.05) is 37.7 Å². The van der Waals surface area contributed by atoms with E-state index in [-0.39, 0.29) is 27.7 Å². The Labute approximate surface area is 197 Å². The van der Waals surface area contributed by atoms with Crippen molar-refractivity contribution in [3.05, 3.63) is 53.6 Å². The third-order valence-corrected chi connectivity index (χ3v) is 8.40. The van der Waals surface area contributed by atoms with E-state index in [1.807, 2.05) is 12.1 Å². The van der Waals surface area contributed by atoms with Crippen molar-refractivity contribution in [1.82, 2.24) is 14.5 Å². The summed E-state index contributed by atoms with van der Waals surface area (Å²) in [5.41, 5.74) is 3.95. The predicted octanol–water partition coefficient (Wildman–Crippen LogP) is 3.99. The molecule has 0 saturated heterocycles. The second kappa shape index (κ2) is 10.1. The highest BCUT2D eigenvalue weighted by molar-refractivity contribution is 7.99. The lowest BCUT2D eigenvalue weighted by atomic mass is 10.1. The van der Waals surface area contributed by atoms with Crippen LogP contribution in [0.1, 0.15) is 31.4 Å². The number of hydrogen-bond donors (Lipinski definition) is 1. The van der Waals surface area contributed by atoms with E-state index in [2.05, 4.69) is 21.6 Å². The van der Waals surface area contributed by atoms with Crippen molar-refractivity contribution in [3.8, 4) is 11.5 Å². The third-order valence-electron chi connectivity index (χ3n) is 5.54. The van der Waals surface area contributed by atoms with Crippen LogP contribution in [0.4, 0.5) is 5.69 Å². The Hall–Kier alpha value is -2.69. The average Bonchev–Trinajstić information content (AvgIpc) is 3.48. The zero-order valence-electron chi connectivity index (χ0n) is 18.6. The summed E-state index contributed by atoms with van der Waals surface area (Å²) in [5.74, 6) is 0.160. The summed E-state index contributed by atoms with van der Waals surface area (Å²) in [4.78, 5) is 12.5. The van der Waals surface area contributed by atoms with Gasteiger partial charge in [0, 0.05) is 24.3 Å². The van der Waals surface area contributed by atoms with E-state index in [0.717, 1.165) is 36.7 Å². The lowest BCUT2D eigenvalue weighted by Crippen LogP contribution is -2.30. The lowest BCUT2D eigenvalue weighted by Gasteiger charge is -2.18. The fourth-order valence-corrected chi connectivity index (χ4v) is 5.93. The van der Waals surface area contributed by atoms with E-state index in [0.29, 0.717) is 18.7 Å². The number of nitrogens with one attached hydrogen (secondary N) is 1. The molecule has 0 unspecified atom stereocenters. The first-order valence-corrected chi connectivity index (χ1v) is 13.3. The molecule has 10 heteroatoms. The van der Waals surface area contributed by atoms with Crippen LogP contribution in [0.3, 0.4) is 0 Å².